The van der Waals surface area contributed by atoms with Crippen molar-refractivity contribution in [1.29, 1.82) is 0 Å². The first-order valence-corrected chi connectivity index (χ1v) is 9.72. The van der Waals surface area contributed by atoms with E-state index in [2.05, 4.69) is 67.3 Å². The zero-order valence-electron chi connectivity index (χ0n) is 14.5. The average molecular weight is 340 g/mol. The lowest BCUT2D eigenvalue weighted by Crippen LogP contribution is -2.29. The Morgan fingerprint density at radius 1 is 1.04 bits per heavy atom. The van der Waals surface area contributed by atoms with Gasteiger partial charge in [0, 0.05) is 6.54 Å². The topological polar surface area (TPSA) is 20.3 Å². The van der Waals surface area contributed by atoms with E-state index in [4.69, 9.17) is 0 Å². The predicted octanol–water partition coefficient (Wildman–Crippen LogP) is 4.90. The Morgan fingerprint density at radius 2 is 1.83 bits per heavy atom. The van der Waals surface area contributed by atoms with E-state index < -0.39 is 0 Å². The molecular formula is C21H25NOS. The molecule has 2 aromatic rings. The molecule has 2 nitrogen and oxygen atoms in total. The van der Waals surface area contributed by atoms with Gasteiger partial charge in [0.2, 0.25) is 5.91 Å². The number of amides is 1. The summed E-state index contributed by atoms with van der Waals surface area (Å²) in [6.07, 6.45) is 3.27. The number of carbonyl (C=O) groups excluding carboxylic acids is 1. The molecule has 0 aromatic heterocycles. The molecule has 1 atom stereocenters. The minimum atomic E-state index is 0.188. The van der Waals surface area contributed by atoms with Gasteiger partial charge in [0.25, 0.3) is 0 Å². The zero-order chi connectivity index (χ0) is 16.9. The van der Waals surface area contributed by atoms with Crippen LogP contribution in [-0.2, 0) is 11.2 Å². The molecule has 0 aliphatic carbocycles. The molecule has 0 spiro atoms. The Bertz CT molecular complexity index is 698. The number of unbranched alkanes of at least 4 members (excludes halogenated alkanes) is 1. The summed E-state index contributed by atoms with van der Waals surface area (Å²) in [5.41, 5.74) is 5.25. The third-order valence-electron chi connectivity index (χ3n) is 4.74. The fourth-order valence-corrected chi connectivity index (χ4v) is 4.35. The molecule has 1 amide bonds. The second-order valence-corrected chi connectivity index (χ2v) is 7.61. The van der Waals surface area contributed by atoms with Crippen molar-refractivity contribution in [3.63, 3.8) is 0 Å². The van der Waals surface area contributed by atoms with Crippen LogP contribution in [0.2, 0.25) is 0 Å². The van der Waals surface area contributed by atoms with Gasteiger partial charge in [-0.25, -0.2) is 0 Å². The second-order valence-electron chi connectivity index (χ2n) is 6.54. The van der Waals surface area contributed by atoms with Crippen molar-refractivity contribution in [1.82, 2.24) is 4.90 Å². The maximum absolute atomic E-state index is 12.3. The van der Waals surface area contributed by atoms with Crippen LogP contribution in [0.1, 0.15) is 40.5 Å². The maximum atomic E-state index is 12.3. The molecule has 0 bridgehead atoms. The molecule has 1 fully saturated rings. The van der Waals surface area contributed by atoms with E-state index >= 15 is 0 Å². The molecule has 0 saturated carbocycles. The molecule has 24 heavy (non-hydrogen) atoms. The Labute approximate surface area is 149 Å². The van der Waals surface area contributed by atoms with Gasteiger partial charge in [0.15, 0.2) is 0 Å². The lowest BCUT2D eigenvalue weighted by Gasteiger charge is -2.24. The van der Waals surface area contributed by atoms with Crippen molar-refractivity contribution in [2.75, 3.05) is 12.3 Å². The van der Waals surface area contributed by atoms with Crippen LogP contribution in [0.5, 0.6) is 0 Å². The van der Waals surface area contributed by atoms with Gasteiger partial charge in [-0.1, -0.05) is 48.5 Å². The van der Waals surface area contributed by atoms with Gasteiger partial charge in [0.05, 0.1) is 5.75 Å². The van der Waals surface area contributed by atoms with Crippen LogP contribution in [0.3, 0.4) is 0 Å². The first kappa shape index (κ1) is 17.1. The lowest BCUT2D eigenvalue weighted by atomic mass is 10.1. The summed E-state index contributed by atoms with van der Waals surface area (Å²) in [6, 6.07) is 17.2. The van der Waals surface area contributed by atoms with Crippen molar-refractivity contribution in [2.24, 2.45) is 0 Å². The third kappa shape index (κ3) is 4.02. The highest BCUT2D eigenvalue weighted by Crippen LogP contribution is 2.39. The number of carbonyl (C=O) groups is 1. The largest absolute Gasteiger partial charge is 0.326 e. The summed E-state index contributed by atoms with van der Waals surface area (Å²) in [6.45, 7) is 5.13. The van der Waals surface area contributed by atoms with Crippen molar-refractivity contribution >= 4 is 17.7 Å². The Kier molecular flexibility index (Phi) is 5.62. The summed E-state index contributed by atoms with van der Waals surface area (Å²) >= 11 is 1.76. The smallest absolute Gasteiger partial charge is 0.233 e. The number of thioether (sulfide) groups is 1. The maximum Gasteiger partial charge on any atom is 0.233 e. The molecular weight excluding hydrogens is 314 g/mol. The molecule has 126 valence electrons. The normalized spacial score (nSPS) is 17.5. The standard InChI is InChI=1S/C21H25NOS/c1-16-11-12-19(14-17(16)2)21-22(20(23)15-24-21)13-7-6-10-18-8-4-3-5-9-18/h3-5,8-9,11-12,14,21H,6-7,10,13,15H2,1-2H3. The van der Waals surface area contributed by atoms with Crippen LogP contribution in [0.4, 0.5) is 0 Å². The van der Waals surface area contributed by atoms with E-state index in [1.54, 1.807) is 11.8 Å². The van der Waals surface area contributed by atoms with E-state index in [0.29, 0.717) is 5.75 Å². The van der Waals surface area contributed by atoms with E-state index in [1.807, 2.05) is 0 Å². The van der Waals surface area contributed by atoms with Gasteiger partial charge in [0.1, 0.15) is 5.37 Å². The molecule has 0 N–H and O–H groups in total. The monoisotopic (exact) mass is 339 g/mol. The highest BCUT2D eigenvalue weighted by Gasteiger charge is 2.32. The van der Waals surface area contributed by atoms with Crippen molar-refractivity contribution in [2.45, 2.75) is 38.5 Å². The first-order valence-electron chi connectivity index (χ1n) is 8.67. The summed E-state index contributed by atoms with van der Waals surface area (Å²) in [5.74, 6) is 0.888. The van der Waals surface area contributed by atoms with Gasteiger partial charge in [-0.2, -0.15) is 0 Å². The van der Waals surface area contributed by atoms with E-state index in [1.165, 1.54) is 22.3 Å². The first-order chi connectivity index (χ1) is 11.6. The molecule has 1 aliphatic heterocycles. The number of benzene rings is 2. The van der Waals surface area contributed by atoms with E-state index in [-0.39, 0.29) is 11.3 Å². The van der Waals surface area contributed by atoms with Gasteiger partial charge in [-0.15, -0.1) is 11.8 Å². The van der Waals surface area contributed by atoms with Gasteiger partial charge >= 0.3 is 0 Å². The molecule has 0 radical (unpaired) electrons. The summed E-state index contributed by atoms with van der Waals surface area (Å²) in [7, 11) is 0. The average Bonchev–Trinajstić information content (AvgIpc) is 2.96. The highest BCUT2D eigenvalue weighted by atomic mass is 32.2. The Balaban J connectivity index is 1.58. The minimum absolute atomic E-state index is 0.188. The molecule has 1 aliphatic rings. The number of nitrogens with zero attached hydrogens (tertiary/aromatic N) is 1. The second kappa shape index (κ2) is 7.89. The molecule has 2 aromatic carbocycles. The molecule has 1 unspecified atom stereocenters. The molecule has 3 rings (SSSR count). The Hall–Kier alpha value is -1.74. The van der Waals surface area contributed by atoms with Gasteiger partial charge in [-0.3, -0.25) is 4.79 Å². The van der Waals surface area contributed by atoms with Crippen molar-refractivity contribution in [3.05, 3.63) is 70.8 Å². The van der Waals surface area contributed by atoms with Crippen LogP contribution in [-0.4, -0.2) is 23.1 Å². The van der Waals surface area contributed by atoms with Crippen LogP contribution in [0.25, 0.3) is 0 Å². The molecule has 1 saturated heterocycles. The van der Waals surface area contributed by atoms with Crippen molar-refractivity contribution < 1.29 is 4.79 Å². The van der Waals surface area contributed by atoms with Crippen molar-refractivity contribution in [3.8, 4) is 0 Å². The fourth-order valence-electron chi connectivity index (χ4n) is 3.15. The number of hydrogen-bond donors (Lipinski definition) is 0. The summed E-state index contributed by atoms with van der Waals surface area (Å²) in [5, 5.41) is 0.188. The zero-order valence-corrected chi connectivity index (χ0v) is 15.3. The van der Waals surface area contributed by atoms with Crippen LogP contribution in [0.15, 0.2) is 48.5 Å². The van der Waals surface area contributed by atoms with E-state index in [0.717, 1.165) is 25.8 Å². The lowest BCUT2D eigenvalue weighted by molar-refractivity contribution is -0.128. The molecule has 3 heteroatoms. The van der Waals surface area contributed by atoms with Gasteiger partial charge in [-0.05, 0) is 55.4 Å². The quantitative estimate of drug-likeness (QED) is 0.698. The number of hydrogen-bond acceptors (Lipinski definition) is 2. The highest BCUT2D eigenvalue weighted by molar-refractivity contribution is 8.00. The van der Waals surface area contributed by atoms with Gasteiger partial charge < -0.3 is 4.90 Å². The minimum Gasteiger partial charge on any atom is -0.326 e. The van der Waals surface area contributed by atoms with E-state index in [9.17, 15) is 4.79 Å². The van der Waals surface area contributed by atoms with Crippen LogP contribution >= 0.6 is 11.8 Å². The van der Waals surface area contributed by atoms with Crippen LogP contribution < -0.4 is 0 Å². The SMILES string of the molecule is Cc1ccc(C2SCC(=O)N2CCCCc2ccccc2)cc1C. The Morgan fingerprint density at radius 3 is 2.58 bits per heavy atom. The molecule has 1 heterocycles. The third-order valence-corrected chi connectivity index (χ3v) is 6.00. The van der Waals surface area contributed by atoms with Crippen LogP contribution in [0, 0.1) is 13.8 Å². The number of aryl methyl sites for hydroxylation is 3. The summed E-state index contributed by atoms with van der Waals surface area (Å²) < 4.78 is 0. The summed E-state index contributed by atoms with van der Waals surface area (Å²) in [4.78, 5) is 14.3. The predicted molar refractivity (Wildman–Crippen MR) is 102 cm³/mol. The number of rotatable bonds is 6. The fraction of sp³-hybridized carbons (Fsp3) is 0.381.